The molecule has 3 rings (SSSR count). The van der Waals surface area contributed by atoms with Crippen molar-refractivity contribution in [3.63, 3.8) is 0 Å². The lowest BCUT2D eigenvalue weighted by Crippen LogP contribution is -2.32. The van der Waals surface area contributed by atoms with Gasteiger partial charge in [0, 0.05) is 12.6 Å². The van der Waals surface area contributed by atoms with Crippen LogP contribution in [0.3, 0.4) is 0 Å². The molecule has 0 spiro atoms. The number of benzene rings is 1. The van der Waals surface area contributed by atoms with E-state index in [4.69, 9.17) is 0 Å². The minimum Gasteiger partial charge on any atom is -0.391 e. The van der Waals surface area contributed by atoms with Gasteiger partial charge in [-0.15, -0.1) is 10.2 Å². The van der Waals surface area contributed by atoms with Crippen LogP contribution in [0.2, 0.25) is 0 Å². The van der Waals surface area contributed by atoms with E-state index in [1.54, 1.807) is 6.20 Å². The average Bonchev–Trinajstić information content (AvgIpc) is 3.05. The summed E-state index contributed by atoms with van der Waals surface area (Å²) in [6.45, 7) is 1.94. The molecule has 23 heavy (non-hydrogen) atoms. The first-order chi connectivity index (χ1) is 11.2. The van der Waals surface area contributed by atoms with Crippen LogP contribution in [0.1, 0.15) is 12.5 Å². The van der Waals surface area contributed by atoms with Crippen LogP contribution >= 0.6 is 11.3 Å². The van der Waals surface area contributed by atoms with E-state index in [9.17, 15) is 5.11 Å². The van der Waals surface area contributed by atoms with E-state index in [0.29, 0.717) is 11.6 Å². The molecule has 3 aromatic rings. The highest BCUT2D eigenvalue weighted by atomic mass is 32.1. The van der Waals surface area contributed by atoms with Gasteiger partial charge in [0.15, 0.2) is 5.01 Å². The van der Waals surface area contributed by atoms with Crippen LogP contribution < -0.4 is 5.32 Å². The van der Waals surface area contributed by atoms with E-state index in [1.165, 1.54) is 11.3 Å². The second-order valence-electron chi connectivity index (χ2n) is 5.32. The van der Waals surface area contributed by atoms with Crippen LogP contribution in [0.25, 0.3) is 10.7 Å². The second kappa shape index (κ2) is 7.30. The number of pyridine rings is 1. The number of aromatic nitrogens is 3. The minimum absolute atomic E-state index is 0.125. The topological polar surface area (TPSA) is 70.9 Å². The monoisotopic (exact) mass is 326 g/mol. The Balaban J connectivity index is 1.62. The minimum atomic E-state index is -0.500. The number of rotatable bonds is 6. The zero-order valence-electron chi connectivity index (χ0n) is 12.8. The molecule has 0 radical (unpaired) electrons. The van der Waals surface area contributed by atoms with Gasteiger partial charge >= 0.3 is 0 Å². The lowest BCUT2D eigenvalue weighted by molar-refractivity contribution is 0.158. The predicted molar refractivity (Wildman–Crippen MR) is 92.4 cm³/mol. The number of aliphatic hydroxyl groups excluding tert-OH is 1. The molecule has 2 aromatic heterocycles. The standard InChI is InChI=1S/C17H18N4OS/c1-12(15(22)11-13-7-3-2-4-8-13)19-17-21-20-16(23-17)14-9-5-6-10-18-14/h2-10,12,15,22H,11H2,1H3,(H,19,21)/t12-,15-/m1/s1. The fourth-order valence-corrected chi connectivity index (χ4v) is 3.01. The molecule has 2 N–H and O–H groups in total. The van der Waals surface area contributed by atoms with Gasteiger partial charge in [0.1, 0.15) is 5.69 Å². The van der Waals surface area contributed by atoms with E-state index in [-0.39, 0.29) is 6.04 Å². The molecule has 2 atom stereocenters. The maximum atomic E-state index is 10.3. The number of nitrogens with zero attached hydrogens (tertiary/aromatic N) is 3. The van der Waals surface area contributed by atoms with Crippen molar-refractivity contribution in [1.29, 1.82) is 0 Å². The number of hydrogen-bond acceptors (Lipinski definition) is 6. The molecule has 0 unspecified atom stereocenters. The van der Waals surface area contributed by atoms with Crippen LogP contribution in [0.5, 0.6) is 0 Å². The van der Waals surface area contributed by atoms with E-state index in [0.717, 1.165) is 16.3 Å². The van der Waals surface area contributed by atoms with Gasteiger partial charge in [-0.25, -0.2) is 0 Å². The smallest absolute Gasteiger partial charge is 0.206 e. The fourth-order valence-electron chi connectivity index (χ4n) is 2.20. The Morgan fingerprint density at radius 2 is 1.87 bits per heavy atom. The van der Waals surface area contributed by atoms with Crippen molar-refractivity contribution < 1.29 is 5.11 Å². The van der Waals surface area contributed by atoms with Crippen molar-refractivity contribution in [3.8, 4) is 10.7 Å². The highest BCUT2D eigenvalue weighted by Crippen LogP contribution is 2.25. The average molecular weight is 326 g/mol. The van der Waals surface area contributed by atoms with Crippen LogP contribution in [0.4, 0.5) is 5.13 Å². The Kier molecular flexibility index (Phi) is 4.95. The van der Waals surface area contributed by atoms with Crippen molar-refractivity contribution in [2.75, 3.05) is 5.32 Å². The molecule has 5 nitrogen and oxygen atoms in total. The number of aliphatic hydroxyl groups is 1. The van der Waals surface area contributed by atoms with Crippen LogP contribution in [0, 0.1) is 0 Å². The predicted octanol–water partition coefficient (Wildman–Crippen LogP) is 3.00. The number of hydrogen-bond donors (Lipinski definition) is 2. The quantitative estimate of drug-likeness (QED) is 0.728. The normalized spacial score (nSPS) is 13.5. The van der Waals surface area contributed by atoms with Gasteiger partial charge in [-0.3, -0.25) is 4.98 Å². The van der Waals surface area contributed by atoms with Crippen molar-refractivity contribution in [3.05, 3.63) is 60.3 Å². The molecule has 0 aliphatic rings. The van der Waals surface area contributed by atoms with E-state index >= 15 is 0 Å². The largest absolute Gasteiger partial charge is 0.391 e. The second-order valence-corrected chi connectivity index (χ2v) is 6.29. The molecule has 0 amide bonds. The molecule has 0 fully saturated rings. The van der Waals surface area contributed by atoms with E-state index in [2.05, 4.69) is 20.5 Å². The molecule has 118 valence electrons. The van der Waals surface area contributed by atoms with E-state index in [1.807, 2.05) is 55.5 Å². The summed E-state index contributed by atoms with van der Waals surface area (Å²) >= 11 is 1.43. The van der Waals surface area contributed by atoms with Gasteiger partial charge in [0.25, 0.3) is 0 Å². The fraction of sp³-hybridized carbons (Fsp3) is 0.235. The molecule has 2 heterocycles. The first-order valence-corrected chi connectivity index (χ1v) is 8.27. The third kappa shape index (κ3) is 4.12. The molecular weight excluding hydrogens is 308 g/mol. The number of nitrogens with one attached hydrogen (secondary N) is 1. The Morgan fingerprint density at radius 1 is 1.09 bits per heavy atom. The van der Waals surface area contributed by atoms with Gasteiger partial charge in [-0.1, -0.05) is 47.7 Å². The van der Waals surface area contributed by atoms with Crippen LogP contribution in [-0.2, 0) is 6.42 Å². The summed E-state index contributed by atoms with van der Waals surface area (Å²) in [5, 5.41) is 23.3. The Bertz CT molecular complexity index is 733. The number of anilines is 1. The molecule has 0 saturated heterocycles. The first kappa shape index (κ1) is 15.6. The van der Waals surface area contributed by atoms with Gasteiger partial charge < -0.3 is 10.4 Å². The van der Waals surface area contributed by atoms with Crippen LogP contribution in [-0.4, -0.2) is 32.4 Å². The summed E-state index contributed by atoms with van der Waals surface area (Å²) in [7, 11) is 0. The van der Waals surface area contributed by atoms with Crippen molar-refractivity contribution in [1.82, 2.24) is 15.2 Å². The summed E-state index contributed by atoms with van der Waals surface area (Å²) < 4.78 is 0. The van der Waals surface area contributed by atoms with Crippen molar-refractivity contribution in [2.45, 2.75) is 25.5 Å². The lowest BCUT2D eigenvalue weighted by atomic mass is 10.0. The zero-order chi connectivity index (χ0) is 16.1. The SMILES string of the molecule is C[C@@H](Nc1nnc(-c2ccccn2)s1)[C@H](O)Cc1ccccc1. The molecule has 1 aromatic carbocycles. The molecule has 0 aliphatic heterocycles. The highest BCUT2D eigenvalue weighted by molar-refractivity contribution is 7.18. The van der Waals surface area contributed by atoms with Crippen molar-refractivity contribution >= 4 is 16.5 Å². The summed E-state index contributed by atoms with van der Waals surface area (Å²) in [5.74, 6) is 0. The molecule has 0 saturated carbocycles. The van der Waals surface area contributed by atoms with E-state index < -0.39 is 6.10 Å². The summed E-state index contributed by atoms with van der Waals surface area (Å²) in [6.07, 6.45) is 1.83. The summed E-state index contributed by atoms with van der Waals surface area (Å²) in [4.78, 5) is 4.26. The highest BCUT2D eigenvalue weighted by Gasteiger charge is 2.17. The maximum absolute atomic E-state index is 10.3. The van der Waals surface area contributed by atoms with Gasteiger partial charge in [0.2, 0.25) is 5.13 Å². The first-order valence-electron chi connectivity index (χ1n) is 7.46. The third-order valence-electron chi connectivity index (χ3n) is 3.52. The maximum Gasteiger partial charge on any atom is 0.206 e. The molecule has 0 aliphatic carbocycles. The zero-order valence-corrected chi connectivity index (χ0v) is 13.6. The van der Waals surface area contributed by atoms with Gasteiger partial charge in [-0.2, -0.15) is 0 Å². The lowest BCUT2D eigenvalue weighted by Gasteiger charge is -2.19. The van der Waals surface area contributed by atoms with Gasteiger partial charge in [-0.05, 0) is 24.6 Å². The van der Waals surface area contributed by atoms with Crippen molar-refractivity contribution in [2.24, 2.45) is 0 Å². The molecular formula is C17H18N4OS. The third-order valence-corrected chi connectivity index (χ3v) is 4.40. The summed E-state index contributed by atoms with van der Waals surface area (Å²) in [6, 6.07) is 15.5. The molecule has 0 bridgehead atoms. The van der Waals surface area contributed by atoms with Crippen LogP contribution in [0.15, 0.2) is 54.7 Å². The Morgan fingerprint density at radius 3 is 2.61 bits per heavy atom. The van der Waals surface area contributed by atoms with Gasteiger partial charge in [0.05, 0.1) is 12.1 Å². The Labute approximate surface area is 139 Å². The Hall–Kier alpha value is -2.31. The summed E-state index contributed by atoms with van der Waals surface area (Å²) in [5.41, 5.74) is 1.91. The molecule has 6 heteroatoms.